The van der Waals surface area contributed by atoms with Gasteiger partial charge in [-0.1, -0.05) is 36.4 Å². The summed E-state index contributed by atoms with van der Waals surface area (Å²) in [6, 6.07) is 11.0. The predicted octanol–water partition coefficient (Wildman–Crippen LogP) is 3.70. The average Bonchev–Trinajstić information content (AvgIpc) is 2.64. The number of nitrogens with zero attached hydrogens (tertiary/aromatic N) is 1. The Balaban J connectivity index is 1.41. The van der Waals surface area contributed by atoms with Crippen molar-refractivity contribution in [3.63, 3.8) is 0 Å². The van der Waals surface area contributed by atoms with Gasteiger partial charge < -0.3 is 10.2 Å². The smallest absolute Gasteiger partial charge is 0.247 e. The molecule has 24 heavy (non-hydrogen) atoms. The predicted molar refractivity (Wildman–Crippen MR) is 98.9 cm³/mol. The van der Waals surface area contributed by atoms with E-state index in [2.05, 4.69) is 46.6 Å². The van der Waals surface area contributed by atoms with Crippen molar-refractivity contribution in [3.05, 3.63) is 47.5 Å². The van der Waals surface area contributed by atoms with Crippen LogP contribution >= 0.6 is 0 Å². The second-order valence-electron chi connectivity index (χ2n) is 7.18. The molecule has 0 unspecified atom stereocenters. The molecule has 0 aromatic heterocycles. The lowest BCUT2D eigenvalue weighted by molar-refractivity contribution is -0.118. The third kappa shape index (κ3) is 5.20. The Labute approximate surface area is 146 Å². The summed E-state index contributed by atoms with van der Waals surface area (Å²) in [6.45, 7) is 3.31. The first kappa shape index (κ1) is 17.2. The van der Waals surface area contributed by atoms with Gasteiger partial charge in [0.05, 0.1) is 0 Å². The largest absolute Gasteiger partial charge is 0.348 e. The average molecular weight is 326 g/mol. The van der Waals surface area contributed by atoms with E-state index in [1.54, 1.807) is 0 Å². The maximum Gasteiger partial charge on any atom is 0.247 e. The van der Waals surface area contributed by atoms with Gasteiger partial charge in [0.25, 0.3) is 0 Å². The topological polar surface area (TPSA) is 32.3 Å². The van der Waals surface area contributed by atoms with Crippen LogP contribution in [0.25, 0.3) is 0 Å². The summed E-state index contributed by atoms with van der Waals surface area (Å²) in [6.07, 6.45) is 11.2. The number of amides is 1. The summed E-state index contributed by atoms with van der Waals surface area (Å²) in [5.41, 5.74) is 2.44. The van der Waals surface area contributed by atoms with Crippen LogP contribution in [0, 0.1) is 0 Å². The molecule has 1 N–H and O–H groups in total. The highest BCUT2D eigenvalue weighted by Gasteiger charge is 2.22. The molecule has 1 aromatic rings. The number of carbonyl (C=O) groups excluding carboxylic acids is 1. The highest BCUT2D eigenvalue weighted by atomic mass is 16.1. The lowest BCUT2D eigenvalue weighted by Crippen LogP contribution is -2.48. The van der Waals surface area contributed by atoms with E-state index in [0.717, 1.165) is 50.8 Å². The van der Waals surface area contributed by atoms with Crippen LogP contribution in [-0.4, -0.2) is 36.5 Å². The monoisotopic (exact) mass is 326 g/mol. The summed E-state index contributed by atoms with van der Waals surface area (Å²) in [5, 5.41) is 3.28. The Bertz CT molecular complexity index is 552. The molecule has 0 saturated carbocycles. The third-order valence-corrected chi connectivity index (χ3v) is 5.21. The first-order valence-electron chi connectivity index (χ1n) is 9.57. The first-order chi connectivity index (χ1) is 11.8. The third-order valence-electron chi connectivity index (χ3n) is 5.21. The van der Waals surface area contributed by atoms with E-state index < -0.39 is 0 Å². The summed E-state index contributed by atoms with van der Waals surface area (Å²) >= 11 is 0. The zero-order valence-electron chi connectivity index (χ0n) is 14.7. The van der Waals surface area contributed by atoms with Crippen molar-refractivity contribution < 1.29 is 4.79 Å². The summed E-state index contributed by atoms with van der Waals surface area (Å²) in [5.74, 6) is 0.186. The van der Waals surface area contributed by atoms with Crippen LogP contribution in [0.3, 0.4) is 0 Å². The quantitative estimate of drug-likeness (QED) is 0.864. The van der Waals surface area contributed by atoms with Crippen molar-refractivity contribution in [1.82, 2.24) is 10.2 Å². The lowest BCUT2D eigenvalue weighted by atomic mass is 9.98. The minimum absolute atomic E-state index is 0.186. The molecule has 1 aliphatic carbocycles. The molecule has 2 aliphatic rings. The van der Waals surface area contributed by atoms with Crippen LogP contribution in [0.4, 0.5) is 0 Å². The normalized spacial score (nSPS) is 22.0. The number of nitrogens with one attached hydrogen (secondary N) is 1. The summed E-state index contributed by atoms with van der Waals surface area (Å²) in [4.78, 5) is 14.9. The fourth-order valence-corrected chi connectivity index (χ4v) is 3.85. The van der Waals surface area contributed by atoms with Crippen LogP contribution in [-0.2, 0) is 11.2 Å². The van der Waals surface area contributed by atoms with Crippen LogP contribution < -0.4 is 5.32 Å². The molecular formula is C21H30N2O. The molecule has 1 atom stereocenters. The van der Waals surface area contributed by atoms with E-state index in [4.69, 9.17) is 0 Å². The van der Waals surface area contributed by atoms with Gasteiger partial charge in [-0.15, -0.1) is 0 Å². The van der Waals surface area contributed by atoms with Gasteiger partial charge in [0.1, 0.15) is 0 Å². The van der Waals surface area contributed by atoms with Gasteiger partial charge in [-0.05, 0) is 70.0 Å². The zero-order chi connectivity index (χ0) is 16.6. The van der Waals surface area contributed by atoms with Gasteiger partial charge in [-0.2, -0.15) is 0 Å². The van der Waals surface area contributed by atoms with Crippen molar-refractivity contribution in [3.8, 4) is 0 Å². The van der Waals surface area contributed by atoms with E-state index in [9.17, 15) is 4.79 Å². The van der Waals surface area contributed by atoms with Crippen molar-refractivity contribution in [2.75, 3.05) is 19.6 Å². The Hall–Kier alpha value is -1.61. The number of carbonyl (C=O) groups is 1. The van der Waals surface area contributed by atoms with Crippen molar-refractivity contribution in [1.29, 1.82) is 0 Å². The van der Waals surface area contributed by atoms with Crippen molar-refractivity contribution in [2.45, 2.75) is 57.4 Å². The lowest BCUT2D eigenvalue weighted by Gasteiger charge is -2.33. The maximum absolute atomic E-state index is 12.4. The fraction of sp³-hybridized carbons (Fsp3) is 0.571. The highest BCUT2D eigenvalue weighted by Crippen LogP contribution is 2.18. The van der Waals surface area contributed by atoms with Crippen LogP contribution in [0.15, 0.2) is 42.0 Å². The molecule has 0 radical (unpaired) electrons. The number of piperidine rings is 1. The standard InChI is InChI=1S/C21H30N2O/c24-21(19-12-5-2-6-13-19)22-20-14-8-16-23(17-20)15-7-11-18-9-3-1-4-10-18/h1,3-4,9-10,12,20H,2,5-8,11,13-17H2,(H,22,24)/t20-/m1/s1. The van der Waals surface area contributed by atoms with Crippen LogP contribution in [0.1, 0.15) is 50.5 Å². The summed E-state index contributed by atoms with van der Waals surface area (Å²) < 4.78 is 0. The zero-order valence-corrected chi connectivity index (χ0v) is 14.7. The number of aryl methyl sites for hydroxylation is 1. The van der Waals surface area contributed by atoms with E-state index in [1.165, 1.54) is 31.4 Å². The van der Waals surface area contributed by atoms with Crippen LogP contribution in [0.5, 0.6) is 0 Å². The molecule has 1 amide bonds. The molecule has 3 nitrogen and oxygen atoms in total. The number of rotatable bonds is 6. The molecule has 3 heteroatoms. The molecule has 130 valence electrons. The SMILES string of the molecule is O=C(N[C@@H]1CCCN(CCCc2ccccc2)C1)C1=CCCCC1. The van der Waals surface area contributed by atoms with E-state index >= 15 is 0 Å². The van der Waals surface area contributed by atoms with Gasteiger partial charge in [0.2, 0.25) is 5.91 Å². The molecule has 1 aliphatic heterocycles. The number of hydrogen-bond donors (Lipinski definition) is 1. The minimum Gasteiger partial charge on any atom is -0.348 e. The molecule has 0 spiro atoms. The van der Waals surface area contributed by atoms with Gasteiger partial charge in [0.15, 0.2) is 0 Å². The molecule has 0 bridgehead atoms. The number of allylic oxidation sites excluding steroid dienone is 1. The maximum atomic E-state index is 12.4. The Morgan fingerprint density at radius 2 is 2.04 bits per heavy atom. The Kier molecular flexibility index (Phi) is 6.48. The van der Waals surface area contributed by atoms with Gasteiger partial charge in [0, 0.05) is 18.2 Å². The molecule has 3 rings (SSSR count). The minimum atomic E-state index is 0.186. The molecule has 1 heterocycles. The van der Waals surface area contributed by atoms with Gasteiger partial charge in [-0.25, -0.2) is 0 Å². The summed E-state index contributed by atoms with van der Waals surface area (Å²) in [7, 11) is 0. The van der Waals surface area contributed by atoms with Crippen molar-refractivity contribution >= 4 is 5.91 Å². The first-order valence-corrected chi connectivity index (χ1v) is 9.57. The van der Waals surface area contributed by atoms with Gasteiger partial charge >= 0.3 is 0 Å². The molecular weight excluding hydrogens is 296 g/mol. The number of likely N-dealkylation sites (tertiary alicyclic amines) is 1. The molecule has 1 saturated heterocycles. The number of benzene rings is 1. The molecule has 1 fully saturated rings. The Morgan fingerprint density at radius 3 is 2.83 bits per heavy atom. The second kappa shape index (κ2) is 9.03. The van der Waals surface area contributed by atoms with E-state index in [1.807, 2.05) is 0 Å². The molecule has 1 aromatic carbocycles. The second-order valence-corrected chi connectivity index (χ2v) is 7.18. The Morgan fingerprint density at radius 1 is 1.17 bits per heavy atom. The van der Waals surface area contributed by atoms with Crippen LogP contribution in [0.2, 0.25) is 0 Å². The van der Waals surface area contributed by atoms with Gasteiger partial charge in [-0.3, -0.25) is 4.79 Å². The highest BCUT2D eigenvalue weighted by molar-refractivity contribution is 5.93. The number of hydrogen-bond acceptors (Lipinski definition) is 2. The fourth-order valence-electron chi connectivity index (χ4n) is 3.85. The van der Waals surface area contributed by atoms with E-state index in [0.29, 0.717) is 6.04 Å². The van der Waals surface area contributed by atoms with E-state index in [-0.39, 0.29) is 5.91 Å². The van der Waals surface area contributed by atoms with Crippen molar-refractivity contribution in [2.24, 2.45) is 0 Å².